The van der Waals surface area contributed by atoms with Gasteiger partial charge in [0.2, 0.25) is 15.9 Å². The lowest BCUT2D eigenvalue weighted by Gasteiger charge is -2.36. The maximum absolute atomic E-state index is 16.6. The van der Waals surface area contributed by atoms with Gasteiger partial charge in [-0.3, -0.25) is 4.79 Å². The first-order valence-corrected chi connectivity index (χ1v) is 20.3. The van der Waals surface area contributed by atoms with Crippen molar-refractivity contribution < 1.29 is 41.0 Å². The summed E-state index contributed by atoms with van der Waals surface area (Å²) in [5.41, 5.74) is -1.22. The van der Waals surface area contributed by atoms with E-state index in [-0.39, 0.29) is 43.0 Å². The lowest BCUT2D eigenvalue weighted by atomic mass is 9.89. The molecule has 0 aromatic heterocycles. The summed E-state index contributed by atoms with van der Waals surface area (Å²) in [4.78, 5) is 27.2. The molecule has 2 amide bonds. The predicted molar refractivity (Wildman–Crippen MR) is 194 cm³/mol. The normalized spacial score (nSPS) is 21.6. The van der Waals surface area contributed by atoms with Gasteiger partial charge in [0.05, 0.1) is 17.6 Å². The van der Waals surface area contributed by atoms with Crippen molar-refractivity contribution >= 4 is 22.0 Å². The number of ether oxygens (including phenoxy) is 3. The minimum Gasteiger partial charge on any atom is -0.493 e. The number of hydrogen-bond acceptors (Lipinski definition) is 7. The van der Waals surface area contributed by atoms with Gasteiger partial charge in [-0.1, -0.05) is 32.6 Å². The van der Waals surface area contributed by atoms with E-state index < -0.39 is 45.2 Å². The van der Waals surface area contributed by atoms with Crippen LogP contribution in [0.5, 0.6) is 11.5 Å². The highest BCUT2D eigenvalue weighted by molar-refractivity contribution is 7.89. The Bertz CT molecular complexity index is 1580. The van der Waals surface area contributed by atoms with Gasteiger partial charge in [0, 0.05) is 24.7 Å². The van der Waals surface area contributed by atoms with E-state index in [4.69, 9.17) is 14.2 Å². The maximum atomic E-state index is 16.6. The van der Waals surface area contributed by atoms with Gasteiger partial charge in [-0.15, -0.1) is 0 Å². The SMILES string of the molecule is C[C@@H]1CCCC(Oc2ccc(C(F)(F)C(NS(=O)(=O)c3ccc(OCC4CCCCC4)cc3)C(=O)N3CCC(NC(=O)OC(C)(C)C)CC3)cc2)C1. The Morgan fingerprint density at radius 1 is 0.865 bits per heavy atom. The van der Waals surface area contributed by atoms with Crippen molar-refractivity contribution in [1.82, 2.24) is 14.9 Å². The summed E-state index contributed by atoms with van der Waals surface area (Å²) in [6.45, 7) is 7.99. The molecule has 5 rings (SSSR count). The summed E-state index contributed by atoms with van der Waals surface area (Å²) in [7, 11) is -4.59. The van der Waals surface area contributed by atoms with Crippen molar-refractivity contribution in [1.29, 1.82) is 0 Å². The van der Waals surface area contributed by atoms with Crippen LogP contribution in [0.1, 0.15) is 104 Å². The van der Waals surface area contributed by atoms with Crippen molar-refractivity contribution in [2.24, 2.45) is 11.8 Å². The van der Waals surface area contributed by atoms with E-state index >= 15 is 8.78 Å². The van der Waals surface area contributed by atoms with Crippen LogP contribution in [0.2, 0.25) is 0 Å². The lowest BCUT2D eigenvalue weighted by Crippen LogP contribution is -2.58. The van der Waals surface area contributed by atoms with Crippen LogP contribution in [0.25, 0.3) is 0 Å². The number of nitrogens with one attached hydrogen (secondary N) is 2. The van der Waals surface area contributed by atoms with Crippen molar-refractivity contribution in [3.63, 3.8) is 0 Å². The van der Waals surface area contributed by atoms with E-state index in [1.54, 1.807) is 20.8 Å². The molecule has 0 radical (unpaired) electrons. The van der Waals surface area contributed by atoms with E-state index in [0.29, 0.717) is 29.9 Å². The number of alkyl halides is 2. The van der Waals surface area contributed by atoms with Crippen LogP contribution in [0.3, 0.4) is 0 Å². The second kappa shape index (κ2) is 17.1. The summed E-state index contributed by atoms with van der Waals surface area (Å²) in [5, 5.41) is 2.77. The number of alkyl carbamates (subject to hydrolysis) is 1. The molecule has 52 heavy (non-hydrogen) atoms. The first-order valence-electron chi connectivity index (χ1n) is 18.8. The summed E-state index contributed by atoms with van der Waals surface area (Å²) < 4.78 is 79.8. The zero-order valence-corrected chi connectivity index (χ0v) is 31.7. The summed E-state index contributed by atoms with van der Waals surface area (Å²) in [6.07, 6.45) is 9.63. The molecule has 3 atom stereocenters. The Hall–Kier alpha value is -3.45. The standard InChI is InChI=1S/C39H55F2N3O7S/c1-27-9-8-12-33(25-27)50-32-15-13-29(14-16-32)39(40,41)35(36(45)44-23-21-30(22-24-44)42-37(46)51-38(2,3)4)43-52(47,48)34-19-17-31(18-20-34)49-26-28-10-6-5-7-11-28/h13-20,27-28,30,33,35,43H,5-12,21-26H2,1-4H3,(H,42,46)/t27-,33?,35?/m1/s1. The molecule has 13 heteroatoms. The van der Waals surface area contributed by atoms with E-state index in [9.17, 15) is 18.0 Å². The molecule has 288 valence electrons. The van der Waals surface area contributed by atoms with Crippen molar-refractivity contribution in [2.75, 3.05) is 19.7 Å². The largest absolute Gasteiger partial charge is 0.493 e. The first kappa shape index (κ1) is 39.8. The first-order chi connectivity index (χ1) is 24.6. The number of benzene rings is 2. The molecule has 0 spiro atoms. The van der Waals surface area contributed by atoms with E-state index in [0.717, 1.165) is 38.5 Å². The molecule has 2 aromatic rings. The molecule has 10 nitrogen and oxygen atoms in total. The van der Waals surface area contributed by atoms with Crippen LogP contribution < -0.4 is 19.5 Å². The fourth-order valence-corrected chi connectivity index (χ4v) is 8.48. The van der Waals surface area contributed by atoms with Gasteiger partial charge in [0.15, 0.2) is 6.04 Å². The second-order valence-corrected chi connectivity index (χ2v) is 17.5. The molecule has 2 aromatic carbocycles. The van der Waals surface area contributed by atoms with Gasteiger partial charge in [-0.05, 0) is 126 Å². The average molecular weight is 748 g/mol. The van der Waals surface area contributed by atoms with Gasteiger partial charge in [0.1, 0.15) is 17.1 Å². The highest BCUT2D eigenvalue weighted by Gasteiger charge is 2.50. The van der Waals surface area contributed by atoms with Crippen LogP contribution in [-0.4, -0.2) is 68.8 Å². The zero-order chi connectivity index (χ0) is 37.5. The molecule has 1 heterocycles. The van der Waals surface area contributed by atoms with E-state index in [1.807, 2.05) is 0 Å². The number of carbonyl (C=O) groups excluding carboxylic acids is 2. The Labute approximate surface area is 307 Å². The predicted octanol–water partition coefficient (Wildman–Crippen LogP) is 7.56. The Kier molecular flexibility index (Phi) is 13.1. The highest BCUT2D eigenvalue weighted by Crippen LogP contribution is 2.36. The zero-order valence-electron chi connectivity index (χ0n) is 30.9. The van der Waals surface area contributed by atoms with E-state index in [1.165, 1.54) is 72.7 Å². The molecule has 0 bridgehead atoms. The third-order valence-corrected chi connectivity index (χ3v) is 11.6. The lowest BCUT2D eigenvalue weighted by molar-refractivity contribution is -0.145. The molecule has 3 aliphatic rings. The molecule has 2 N–H and O–H groups in total. The topological polar surface area (TPSA) is 123 Å². The van der Waals surface area contributed by atoms with Crippen molar-refractivity contribution in [3.8, 4) is 11.5 Å². The Morgan fingerprint density at radius 2 is 1.50 bits per heavy atom. The summed E-state index contributed by atoms with van der Waals surface area (Å²) >= 11 is 0. The minimum absolute atomic E-state index is 0.00645. The number of sulfonamides is 1. The number of nitrogens with zero attached hydrogens (tertiary/aromatic N) is 1. The molecule has 1 aliphatic heterocycles. The monoisotopic (exact) mass is 747 g/mol. The van der Waals surface area contributed by atoms with Gasteiger partial charge >= 0.3 is 6.09 Å². The van der Waals surface area contributed by atoms with Crippen LogP contribution in [-0.2, 0) is 25.5 Å². The molecular formula is C39H55F2N3O7S. The smallest absolute Gasteiger partial charge is 0.407 e. The number of amides is 2. The summed E-state index contributed by atoms with van der Waals surface area (Å²) in [5.74, 6) is -3.11. The third-order valence-electron chi connectivity index (χ3n) is 10.2. The Morgan fingerprint density at radius 3 is 2.12 bits per heavy atom. The van der Waals surface area contributed by atoms with Crippen LogP contribution in [0, 0.1) is 11.8 Å². The number of rotatable bonds is 12. The fraction of sp³-hybridized carbons (Fsp3) is 0.641. The van der Waals surface area contributed by atoms with Crippen LogP contribution >= 0.6 is 0 Å². The molecular weight excluding hydrogens is 693 g/mol. The van der Waals surface area contributed by atoms with Crippen LogP contribution in [0.15, 0.2) is 53.4 Å². The number of carbonyl (C=O) groups is 2. The molecule has 2 saturated carbocycles. The molecule has 1 saturated heterocycles. The third kappa shape index (κ3) is 11.0. The van der Waals surface area contributed by atoms with Gasteiger partial charge in [-0.25, -0.2) is 13.2 Å². The quantitative estimate of drug-likeness (QED) is 0.230. The maximum Gasteiger partial charge on any atom is 0.407 e. The minimum atomic E-state index is -4.59. The van der Waals surface area contributed by atoms with Crippen molar-refractivity contribution in [2.45, 2.75) is 133 Å². The number of halogens is 2. The van der Waals surface area contributed by atoms with Crippen LogP contribution in [0.4, 0.5) is 13.6 Å². The van der Waals surface area contributed by atoms with Gasteiger partial charge < -0.3 is 24.4 Å². The molecule has 2 unspecified atom stereocenters. The number of hydrogen-bond donors (Lipinski definition) is 2. The molecule has 3 fully saturated rings. The number of likely N-dealkylation sites (tertiary alicyclic amines) is 1. The van der Waals surface area contributed by atoms with E-state index in [2.05, 4.69) is 17.0 Å². The Balaban J connectivity index is 1.31. The van der Waals surface area contributed by atoms with Gasteiger partial charge in [-0.2, -0.15) is 13.5 Å². The second-order valence-electron chi connectivity index (χ2n) is 15.7. The average Bonchev–Trinajstić information content (AvgIpc) is 3.10. The number of piperidine rings is 1. The van der Waals surface area contributed by atoms with Gasteiger partial charge in [0.25, 0.3) is 5.92 Å². The summed E-state index contributed by atoms with van der Waals surface area (Å²) in [6, 6.07) is 8.07. The van der Waals surface area contributed by atoms with Crippen molar-refractivity contribution in [3.05, 3.63) is 54.1 Å². The fourth-order valence-electron chi connectivity index (χ4n) is 7.29. The highest BCUT2D eigenvalue weighted by atomic mass is 32.2. The molecule has 2 aliphatic carbocycles.